The highest BCUT2D eigenvalue weighted by molar-refractivity contribution is 5.90. The molecule has 0 aromatic heterocycles. The van der Waals surface area contributed by atoms with E-state index in [2.05, 4.69) is 34.7 Å². The van der Waals surface area contributed by atoms with Crippen molar-refractivity contribution in [2.45, 2.75) is 50.1 Å². The molecule has 0 unspecified atom stereocenters. The number of nitrogens with zero attached hydrogens (tertiary/aromatic N) is 2. The zero-order chi connectivity index (χ0) is 24.5. The summed E-state index contributed by atoms with van der Waals surface area (Å²) in [6.07, 6.45) is 3.67. The summed E-state index contributed by atoms with van der Waals surface area (Å²) >= 11 is 0. The third kappa shape index (κ3) is 4.40. The van der Waals surface area contributed by atoms with Crippen LogP contribution in [0.15, 0.2) is 36.4 Å². The first-order valence-corrected chi connectivity index (χ1v) is 11.5. The second-order valence-electron chi connectivity index (χ2n) is 9.30. The number of amides is 2. The summed E-state index contributed by atoms with van der Waals surface area (Å²) in [4.78, 5) is 25.8. The van der Waals surface area contributed by atoms with E-state index >= 15 is 0 Å². The van der Waals surface area contributed by atoms with Crippen molar-refractivity contribution in [3.63, 3.8) is 0 Å². The fraction of sp³-hybridized carbons (Fsp3) is 0.480. The number of ether oxygens (including phenoxy) is 2. The van der Waals surface area contributed by atoms with Gasteiger partial charge >= 0.3 is 6.03 Å². The number of likely N-dealkylation sites (tertiary alicyclic amines) is 1. The molecule has 2 fully saturated rings. The zero-order valence-corrected chi connectivity index (χ0v) is 20.1. The number of rotatable bonds is 6. The predicted octanol–water partition coefficient (Wildman–Crippen LogP) is 4.24. The van der Waals surface area contributed by atoms with E-state index in [4.69, 9.17) is 9.47 Å². The van der Waals surface area contributed by atoms with E-state index in [1.807, 2.05) is 6.07 Å². The lowest BCUT2D eigenvalue weighted by Gasteiger charge is -2.45. The number of hydrogen-bond donors (Lipinski definition) is 2. The normalized spacial score (nSPS) is 24.2. The Labute approximate surface area is 199 Å². The minimum absolute atomic E-state index is 0.000522. The Kier molecular flexibility index (Phi) is 6.65. The highest BCUT2D eigenvalue weighted by atomic mass is 16.6. The average molecular weight is 469 g/mol. The molecule has 1 heterocycles. The van der Waals surface area contributed by atoms with Crippen molar-refractivity contribution in [3.8, 4) is 11.5 Å². The lowest BCUT2D eigenvalue weighted by molar-refractivity contribution is -0.385. The van der Waals surface area contributed by atoms with E-state index in [0.29, 0.717) is 17.0 Å². The fourth-order valence-electron chi connectivity index (χ4n) is 5.63. The smallest absolute Gasteiger partial charge is 0.319 e. The molecule has 9 heteroatoms. The molecule has 34 heavy (non-hydrogen) atoms. The maximum atomic E-state index is 12.7. The van der Waals surface area contributed by atoms with Gasteiger partial charge in [0.1, 0.15) is 0 Å². The highest BCUT2D eigenvalue weighted by Gasteiger charge is 2.50. The molecule has 2 aromatic carbocycles. The Bertz CT molecular complexity index is 1090. The number of benzene rings is 2. The monoisotopic (exact) mass is 468 g/mol. The lowest BCUT2D eigenvalue weighted by Crippen LogP contribution is -2.52. The molecule has 4 rings (SSSR count). The van der Waals surface area contributed by atoms with E-state index in [9.17, 15) is 14.9 Å². The first kappa shape index (κ1) is 23.8. The van der Waals surface area contributed by atoms with Gasteiger partial charge < -0.3 is 25.0 Å². The van der Waals surface area contributed by atoms with Crippen LogP contribution in [0.2, 0.25) is 0 Å². The van der Waals surface area contributed by atoms with Crippen LogP contribution < -0.4 is 20.1 Å². The second kappa shape index (κ2) is 9.50. The van der Waals surface area contributed by atoms with Gasteiger partial charge in [-0.1, -0.05) is 12.1 Å². The van der Waals surface area contributed by atoms with E-state index < -0.39 is 4.92 Å². The van der Waals surface area contributed by atoms with Crippen molar-refractivity contribution in [1.29, 1.82) is 0 Å². The summed E-state index contributed by atoms with van der Waals surface area (Å²) < 4.78 is 11.0. The molecule has 2 N–H and O–H groups in total. The highest BCUT2D eigenvalue weighted by Crippen LogP contribution is 2.49. The second-order valence-corrected chi connectivity index (χ2v) is 9.30. The number of carbonyl (C=O) groups excluding carboxylic acids is 1. The third-order valence-electron chi connectivity index (χ3n) is 7.48. The molecule has 1 saturated carbocycles. The number of nitrogens with one attached hydrogen (secondary N) is 2. The molecule has 2 aromatic rings. The predicted molar refractivity (Wildman–Crippen MR) is 130 cm³/mol. The van der Waals surface area contributed by atoms with E-state index in [1.54, 1.807) is 33.3 Å². The van der Waals surface area contributed by atoms with E-state index in [1.165, 1.54) is 11.6 Å². The number of anilines is 1. The fourth-order valence-corrected chi connectivity index (χ4v) is 5.63. The molecule has 182 valence electrons. The van der Waals surface area contributed by atoms with Gasteiger partial charge in [0, 0.05) is 34.8 Å². The van der Waals surface area contributed by atoms with Crippen LogP contribution >= 0.6 is 0 Å². The standard InChI is InChI=1S/C25H32N4O5/c1-16-5-7-18(14-20(16)29(31)32)26-24(30)27-19-9-10-25(11-12-28(2)23(25)15-19)17-6-8-21(33-3)22(13-17)34-4/h5-8,13-14,19,23H,9-12,15H2,1-4H3,(H2,26,27,30)/t19-,23+,25-/m0/s1. The SMILES string of the molecule is COc1ccc([C@@]23CC[C@H](NC(=O)Nc4ccc(C)c([N+](=O)[O-])c4)C[C@H]2N(C)CC3)cc1OC. The zero-order valence-electron chi connectivity index (χ0n) is 20.1. The minimum Gasteiger partial charge on any atom is -0.493 e. The molecule has 1 saturated heterocycles. The first-order valence-electron chi connectivity index (χ1n) is 11.5. The van der Waals surface area contributed by atoms with Gasteiger partial charge in [-0.25, -0.2) is 4.79 Å². The summed E-state index contributed by atoms with van der Waals surface area (Å²) in [7, 11) is 5.43. The van der Waals surface area contributed by atoms with E-state index in [0.717, 1.165) is 38.0 Å². The summed E-state index contributed by atoms with van der Waals surface area (Å²) in [5.74, 6) is 1.45. The molecule has 0 radical (unpaired) electrons. The molecule has 2 amide bonds. The van der Waals surface area contributed by atoms with Gasteiger partial charge in [-0.15, -0.1) is 0 Å². The maximum Gasteiger partial charge on any atom is 0.319 e. The summed E-state index contributed by atoms with van der Waals surface area (Å²) in [6, 6.07) is 10.9. The molecule has 0 spiro atoms. The minimum atomic E-state index is -0.441. The molecular formula is C25H32N4O5. The molecule has 0 bridgehead atoms. The number of aryl methyl sites for hydroxylation is 1. The topological polar surface area (TPSA) is 106 Å². The molecule has 3 atom stereocenters. The Morgan fingerprint density at radius 1 is 1.15 bits per heavy atom. The third-order valence-corrected chi connectivity index (χ3v) is 7.48. The number of urea groups is 1. The number of hydrogen-bond acceptors (Lipinski definition) is 6. The van der Waals surface area contributed by atoms with Gasteiger partial charge in [-0.3, -0.25) is 10.1 Å². The number of nitro groups is 1. The molecule has 1 aliphatic heterocycles. The van der Waals surface area contributed by atoms with Gasteiger partial charge in [0.05, 0.1) is 19.1 Å². The van der Waals surface area contributed by atoms with Gasteiger partial charge in [0.15, 0.2) is 11.5 Å². The van der Waals surface area contributed by atoms with Gasteiger partial charge in [-0.05, 0) is 70.0 Å². The number of fused-ring (bicyclic) bond motifs is 1. The van der Waals surface area contributed by atoms with Crippen LogP contribution in [0, 0.1) is 17.0 Å². The maximum absolute atomic E-state index is 12.7. The van der Waals surface area contributed by atoms with Gasteiger partial charge in [-0.2, -0.15) is 0 Å². The van der Waals surface area contributed by atoms with Crippen molar-refractivity contribution < 1.29 is 19.2 Å². The first-order chi connectivity index (χ1) is 16.3. The molecular weight excluding hydrogens is 436 g/mol. The largest absolute Gasteiger partial charge is 0.493 e. The summed E-state index contributed by atoms with van der Waals surface area (Å²) in [5.41, 5.74) is 2.19. The number of carbonyl (C=O) groups is 1. The quantitative estimate of drug-likeness (QED) is 0.485. The molecule has 1 aliphatic carbocycles. The van der Waals surface area contributed by atoms with Crippen LogP contribution in [0.1, 0.15) is 36.8 Å². The Hall–Kier alpha value is -3.33. The van der Waals surface area contributed by atoms with Crippen LogP contribution in [0.5, 0.6) is 11.5 Å². The Morgan fingerprint density at radius 3 is 2.62 bits per heavy atom. The van der Waals surface area contributed by atoms with Crippen LogP contribution in [-0.2, 0) is 5.41 Å². The van der Waals surface area contributed by atoms with Crippen LogP contribution in [-0.4, -0.2) is 55.8 Å². The van der Waals surface area contributed by atoms with Crippen LogP contribution in [0.4, 0.5) is 16.2 Å². The summed E-state index contributed by atoms with van der Waals surface area (Å²) in [6.45, 7) is 2.66. The van der Waals surface area contributed by atoms with Gasteiger partial charge in [0.2, 0.25) is 0 Å². The average Bonchev–Trinajstić information content (AvgIpc) is 3.16. The number of likely N-dealkylation sites (N-methyl/N-ethyl adjacent to an activating group) is 1. The van der Waals surface area contributed by atoms with Crippen LogP contribution in [0.25, 0.3) is 0 Å². The van der Waals surface area contributed by atoms with Crippen molar-refractivity contribution in [1.82, 2.24) is 10.2 Å². The number of methoxy groups -OCH3 is 2. The van der Waals surface area contributed by atoms with Crippen molar-refractivity contribution >= 4 is 17.4 Å². The molecule has 9 nitrogen and oxygen atoms in total. The van der Waals surface area contributed by atoms with Crippen molar-refractivity contribution in [2.24, 2.45) is 0 Å². The summed E-state index contributed by atoms with van der Waals surface area (Å²) in [5, 5.41) is 17.0. The van der Waals surface area contributed by atoms with Crippen molar-refractivity contribution in [2.75, 3.05) is 33.1 Å². The van der Waals surface area contributed by atoms with Crippen molar-refractivity contribution in [3.05, 3.63) is 57.6 Å². The Morgan fingerprint density at radius 2 is 1.91 bits per heavy atom. The van der Waals surface area contributed by atoms with Crippen LogP contribution in [0.3, 0.4) is 0 Å². The number of nitro benzene ring substituents is 1. The van der Waals surface area contributed by atoms with E-state index in [-0.39, 0.29) is 29.2 Å². The molecule has 2 aliphatic rings. The van der Waals surface area contributed by atoms with Gasteiger partial charge in [0.25, 0.3) is 5.69 Å². The lowest BCUT2D eigenvalue weighted by atomic mass is 9.65. The Balaban J connectivity index is 1.47.